The molecule has 1 aliphatic carbocycles. The van der Waals surface area contributed by atoms with Gasteiger partial charge in [-0.1, -0.05) is 49.7 Å². The zero-order valence-electron chi connectivity index (χ0n) is 15.1. The van der Waals surface area contributed by atoms with Crippen LogP contribution in [0.5, 0.6) is 0 Å². The van der Waals surface area contributed by atoms with Crippen LogP contribution in [0, 0.1) is 13.8 Å². The lowest BCUT2D eigenvalue weighted by Crippen LogP contribution is -2.30. The molecule has 1 nitrogen and oxygen atoms in total. The molecule has 0 unspecified atom stereocenters. The third-order valence-electron chi connectivity index (χ3n) is 5.52. The van der Waals surface area contributed by atoms with Gasteiger partial charge in [-0.05, 0) is 42.2 Å². The molecule has 1 heterocycles. The van der Waals surface area contributed by atoms with Gasteiger partial charge in [0, 0.05) is 23.1 Å². The van der Waals surface area contributed by atoms with Crippen LogP contribution in [0.4, 0.5) is 0 Å². The highest BCUT2D eigenvalue weighted by molar-refractivity contribution is 5.92. The van der Waals surface area contributed by atoms with Crippen molar-refractivity contribution in [2.24, 2.45) is 7.05 Å². The smallest absolute Gasteiger partial charge is 0.201 e. The van der Waals surface area contributed by atoms with E-state index in [2.05, 4.69) is 94.0 Å². The van der Waals surface area contributed by atoms with E-state index in [1.807, 2.05) is 0 Å². The molecule has 1 aromatic heterocycles. The molecule has 1 aliphatic rings. The lowest BCUT2D eigenvalue weighted by atomic mass is 9.81. The summed E-state index contributed by atoms with van der Waals surface area (Å²) in [7, 11) is 2.13. The van der Waals surface area contributed by atoms with E-state index in [1.165, 1.54) is 44.6 Å². The summed E-state index contributed by atoms with van der Waals surface area (Å²) in [4.78, 5) is 0. The molecule has 0 fully saturated rings. The molecule has 0 radical (unpaired) electrons. The van der Waals surface area contributed by atoms with Gasteiger partial charge in [0.25, 0.3) is 0 Å². The van der Waals surface area contributed by atoms with E-state index >= 15 is 0 Å². The predicted molar refractivity (Wildman–Crippen MR) is 100 cm³/mol. The van der Waals surface area contributed by atoms with E-state index in [0.717, 1.165) is 0 Å². The molecule has 24 heavy (non-hydrogen) atoms. The zero-order chi connectivity index (χ0) is 17.1. The lowest BCUT2D eigenvalue weighted by Gasteiger charge is -2.22. The van der Waals surface area contributed by atoms with Gasteiger partial charge in [0.2, 0.25) is 5.69 Å². The highest BCUT2D eigenvalue weighted by Gasteiger charge is 2.38. The van der Waals surface area contributed by atoms with Crippen LogP contribution in [0.2, 0.25) is 0 Å². The number of fused-ring (bicyclic) bond motifs is 3. The average molecular weight is 314 g/mol. The van der Waals surface area contributed by atoms with Crippen LogP contribution in [-0.4, -0.2) is 0 Å². The first-order chi connectivity index (χ1) is 11.4. The van der Waals surface area contributed by atoms with E-state index < -0.39 is 0 Å². The summed E-state index contributed by atoms with van der Waals surface area (Å²) in [6.07, 6.45) is 2.13. The second kappa shape index (κ2) is 5.04. The number of hydrogen-bond acceptors (Lipinski definition) is 0. The largest absolute Gasteiger partial charge is 0.213 e. The van der Waals surface area contributed by atoms with Crippen molar-refractivity contribution in [3.63, 3.8) is 0 Å². The van der Waals surface area contributed by atoms with E-state index in [4.69, 9.17) is 0 Å². The third-order valence-corrected chi connectivity index (χ3v) is 5.52. The number of aromatic nitrogens is 1. The topological polar surface area (TPSA) is 3.88 Å². The molecule has 0 spiro atoms. The van der Waals surface area contributed by atoms with Gasteiger partial charge in [0.1, 0.15) is 7.05 Å². The average Bonchev–Trinajstić information content (AvgIpc) is 2.76. The van der Waals surface area contributed by atoms with Crippen molar-refractivity contribution in [3.8, 4) is 22.4 Å². The number of aryl methyl sites for hydroxylation is 3. The lowest BCUT2D eigenvalue weighted by molar-refractivity contribution is -0.660. The first-order valence-electron chi connectivity index (χ1n) is 8.62. The molecule has 0 amide bonds. The van der Waals surface area contributed by atoms with E-state index in [0.29, 0.717) is 0 Å². The van der Waals surface area contributed by atoms with Crippen LogP contribution < -0.4 is 4.57 Å². The van der Waals surface area contributed by atoms with Crippen molar-refractivity contribution in [1.82, 2.24) is 0 Å². The zero-order valence-corrected chi connectivity index (χ0v) is 15.1. The maximum absolute atomic E-state index is 2.36. The van der Waals surface area contributed by atoms with E-state index in [9.17, 15) is 0 Å². The Balaban J connectivity index is 2.13. The predicted octanol–water partition coefficient (Wildman–Crippen LogP) is 5.10. The summed E-state index contributed by atoms with van der Waals surface area (Å²) >= 11 is 0. The van der Waals surface area contributed by atoms with Crippen LogP contribution in [-0.2, 0) is 12.5 Å². The van der Waals surface area contributed by atoms with Crippen LogP contribution in [0.1, 0.15) is 36.1 Å². The molecule has 0 atom stereocenters. The standard InChI is InChI=1S/C23H24N/c1-15-9-11-17-19(14-15)23(3,4)18-12-10-16(2)21(22(17)18)20-8-6-7-13-24(20)5/h6-14H,1-5H3/q+1. The van der Waals surface area contributed by atoms with Gasteiger partial charge in [-0.3, -0.25) is 0 Å². The Morgan fingerprint density at radius 1 is 0.833 bits per heavy atom. The molecule has 2 aromatic carbocycles. The summed E-state index contributed by atoms with van der Waals surface area (Å²) in [6, 6.07) is 18.0. The highest BCUT2D eigenvalue weighted by atomic mass is 14.9. The molecule has 120 valence electrons. The van der Waals surface area contributed by atoms with Crippen molar-refractivity contribution in [2.75, 3.05) is 0 Å². The van der Waals surface area contributed by atoms with Gasteiger partial charge in [0.15, 0.2) is 6.20 Å². The van der Waals surface area contributed by atoms with Gasteiger partial charge in [-0.25, -0.2) is 4.57 Å². The third kappa shape index (κ3) is 1.97. The number of nitrogens with zero attached hydrogens (tertiary/aromatic N) is 1. The molecular weight excluding hydrogens is 290 g/mol. The Morgan fingerprint density at radius 3 is 2.38 bits per heavy atom. The number of hydrogen-bond donors (Lipinski definition) is 0. The number of rotatable bonds is 1. The maximum Gasteiger partial charge on any atom is 0.213 e. The fourth-order valence-corrected chi connectivity index (χ4v) is 4.16. The summed E-state index contributed by atoms with van der Waals surface area (Å²) in [5.41, 5.74) is 11.0. The van der Waals surface area contributed by atoms with Gasteiger partial charge in [-0.15, -0.1) is 0 Å². The molecule has 0 saturated carbocycles. The normalized spacial score (nSPS) is 14.4. The van der Waals surface area contributed by atoms with Gasteiger partial charge >= 0.3 is 0 Å². The number of pyridine rings is 1. The van der Waals surface area contributed by atoms with Gasteiger partial charge in [-0.2, -0.15) is 0 Å². The van der Waals surface area contributed by atoms with E-state index in [1.54, 1.807) is 0 Å². The SMILES string of the molecule is Cc1ccc2c(c1)C(C)(C)c1ccc(C)c(-c3cccc[n+]3C)c1-2. The van der Waals surface area contributed by atoms with Crippen molar-refractivity contribution in [2.45, 2.75) is 33.1 Å². The minimum absolute atomic E-state index is 0.0481. The highest BCUT2D eigenvalue weighted by Crippen LogP contribution is 2.52. The molecule has 1 heteroatoms. The summed E-state index contributed by atoms with van der Waals surface area (Å²) in [5, 5.41) is 0. The Bertz CT molecular complexity index is 964. The summed E-state index contributed by atoms with van der Waals surface area (Å²) < 4.78 is 2.22. The van der Waals surface area contributed by atoms with E-state index in [-0.39, 0.29) is 5.41 Å². The van der Waals surface area contributed by atoms with Crippen LogP contribution in [0.15, 0.2) is 54.7 Å². The molecule has 3 aromatic rings. The van der Waals surface area contributed by atoms with Crippen molar-refractivity contribution < 1.29 is 4.57 Å². The fraction of sp³-hybridized carbons (Fsp3) is 0.261. The Labute approximate surface area is 144 Å². The minimum atomic E-state index is 0.0481. The minimum Gasteiger partial charge on any atom is -0.201 e. The summed E-state index contributed by atoms with van der Waals surface area (Å²) in [5.74, 6) is 0. The first-order valence-corrected chi connectivity index (χ1v) is 8.62. The van der Waals surface area contributed by atoms with Gasteiger partial charge in [0.05, 0.1) is 5.56 Å². The Morgan fingerprint density at radius 2 is 1.62 bits per heavy atom. The van der Waals surface area contributed by atoms with Crippen molar-refractivity contribution in [3.05, 3.63) is 77.0 Å². The van der Waals surface area contributed by atoms with Crippen LogP contribution >= 0.6 is 0 Å². The van der Waals surface area contributed by atoms with Crippen LogP contribution in [0.25, 0.3) is 22.4 Å². The maximum atomic E-state index is 2.36. The molecular formula is C23H24N+. The number of benzene rings is 2. The molecule has 0 bridgehead atoms. The molecule has 0 aliphatic heterocycles. The Hall–Kier alpha value is -2.41. The van der Waals surface area contributed by atoms with Crippen LogP contribution in [0.3, 0.4) is 0 Å². The van der Waals surface area contributed by atoms with Gasteiger partial charge < -0.3 is 0 Å². The second-order valence-corrected chi connectivity index (χ2v) is 7.55. The molecule has 4 rings (SSSR count). The first kappa shape index (κ1) is 15.1. The van der Waals surface area contributed by atoms with Crippen molar-refractivity contribution in [1.29, 1.82) is 0 Å². The van der Waals surface area contributed by atoms with Crippen molar-refractivity contribution >= 4 is 0 Å². The fourth-order valence-electron chi connectivity index (χ4n) is 4.16. The molecule has 0 N–H and O–H groups in total. The quantitative estimate of drug-likeness (QED) is 0.550. The Kier molecular flexibility index (Phi) is 3.18. The summed E-state index contributed by atoms with van der Waals surface area (Å²) in [6.45, 7) is 9.10. The monoisotopic (exact) mass is 314 g/mol. The molecule has 0 saturated heterocycles. The second-order valence-electron chi connectivity index (χ2n) is 7.55.